The number of fused-ring (bicyclic) bond motifs is 16. The lowest BCUT2D eigenvalue weighted by atomic mass is 9.92. The molecule has 4 aromatic heterocycles. The SMILES string of the molecule is c1ccc2c(c1)sc1ccc3c(c4ccccc4n3-c3ccc(-c4ccc(-n5c6ccccc6c6c7c(ccc65)sc5ccccc57)c5ccccc45)c4ccccc34)c12. The van der Waals surface area contributed by atoms with Crippen LogP contribution in [0.15, 0.2) is 194 Å². The first-order valence-corrected chi connectivity index (χ1v) is 22.1. The Balaban J connectivity index is 1.01. The minimum atomic E-state index is 1.19. The second-order valence-corrected chi connectivity index (χ2v) is 18.1. The van der Waals surface area contributed by atoms with Crippen LogP contribution in [-0.2, 0) is 0 Å². The summed E-state index contributed by atoms with van der Waals surface area (Å²) in [5, 5.41) is 15.5. The fourth-order valence-corrected chi connectivity index (χ4v) is 12.7. The van der Waals surface area contributed by atoms with Crippen molar-refractivity contribution >= 4 is 128 Å². The summed E-state index contributed by atoms with van der Waals surface area (Å²) in [4.78, 5) is 0. The number of aromatic nitrogens is 2. The van der Waals surface area contributed by atoms with Gasteiger partial charge in [-0.1, -0.05) is 133 Å². The summed E-state index contributed by atoms with van der Waals surface area (Å²) in [6.07, 6.45) is 0. The summed E-state index contributed by atoms with van der Waals surface area (Å²) in [6, 6.07) is 72.3. The smallest absolute Gasteiger partial charge is 0.0548 e. The molecule has 0 aliphatic heterocycles. The van der Waals surface area contributed by atoms with Crippen LogP contribution in [0.3, 0.4) is 0 Å². The highest BCUT2D eigenvalue weighted by Gasteiger charge is 2.22. The molecule has 0 aliphatic rings. The minimum Gasteiger partial charge on any atom is -0.309 e. The number of rotatable bonds is 3. The van der Waals surface area contributed by atoms with Gasteiger partial charge in [0, 0.05) is 72.7 Å². The van der Waals surface area contributed by atoms with E-state index < -0.39 is 0 Å². The van der Waals surface area contributed by atoms with Gasteiger partial charge >= 0.3 is 0 Å². The van der Waals surface area contributed by atoms with Crippen molar-refractivity contribution in [3.8, 4) is 22.5 Å². The molecule has 0 unspecified atom stereocenters. The quantitative estimate of drug-likeness (QED) is 0.169. The summed E-state index contributed by atoms with van der Waals surface area (Å²) in [5.41, 5.74) is 9.77. The third-order valence-electron chi connectivity index (χ3n) is 12.9. The number of benzene rings is 10. The molecule has 0 spiro atoms. The molecule has 10 aromatic carbocycles. The van der Waals surface area contributed by atoms with E-state index in [2.05, 4.69) is 203 Å². The molecule has 14 rings (SSSR count). The van der Waals surface area contributed by atoms with Gasteiger partial charge in [-0.15, -0.1) is 22.7 Å². The first-order chi connectivity index (χ1) is 29.8. The monoisotopic (exact) mass is 796 g/mol. The van der Waals surface area contributed by atoms with E-state index in [0.29, 0.717) is 0 Å². The Morgan fingerprint density at radius 2 is 0.600 bits per heavy atom. The van der Waals surface area contributed by atoms with Crippen LogP contribution in [0.5, 0.6) is 0 Å². The van der Waals surface area contributed by atoms with Crippen molar-refractivity contribution in [1.82, 2.24) is 9.13 Å². The van der Waals surface area contributed by atoms with E-state index in [-0.39, 0.29) is 0 Å². The first-order valence-electron chi connectivity index (χ1n) is 20.5. The third kappa shape index (κ3) is 4.31. The van der Waals surface area contributed by atoms with Gasteiger partial charge in [-0.2, -0.15) is 0 Å². The molecule has 278 valence electrons. The molecule has 0 bridgehead atoms. The predicted octanol–water partition coefficient (Wildman–Crippen LogP) is 16.6. The third-order valence-corrected chi connectivity index (χ3v) is 15.2. The maximum atomic E-state index is 2.50. The number of nitrogens with zero attached hydrogens (tertiary/aromatic N) is 2. The average Bonchev–Trinajstić information content (AvgIpc) is 4.06. The number of hydrogen-bond acceptors (Lipinski definition) is 2. The normalized spacial score (nSPS) is 12.3. The molecule has 0 amide bonds. The second kappa shape index (κ2) is 12.2. The zero-order valence-corrected chi connectivity index (χ0v) is 33.8. The predicted molar refractivity (Wildman–Crippen MR) is 261 cm³/mol. The van der Waals surface area contributed by atoms with Crippen LogP contribution < -0.4 is 0 Å². The van der Waals surface area contributed by atoms with E-state index in [4.69, 9.17) is 0 Å². The molecule has 4 heteroatoms. The number of hydrogen-bond donors (Lipinski definition) is 0. The molecule has 2 nitrogen and oxygen atoms in total. The summed E-state index contributed by atoms with van der Waals surface area (Å²) >= 11 is 3.77. The van der Waals surface area contributed by atoms with Gasteiger partial charge in [0.15, 0.2) is 0 Å². The highest BCUT2D eigenvalue weighted by Crippen LogP contribution is 2.47. The van der Waals surface area contributed by atoms with Crippen molar-refractivity contribution in [2.45, 2.75) is 0 Å². The minimum absolute atomic E-state index is 1.19. The lowest BCUT2D eigenvalue weighted by molar-refractivity contribution is 1.20. The van der Waals surface area contributed by atoms with Crippen LogP contribution in [0, 0.1) is 0 Å². The van der Waals surface area contributed by atoms with Crippen molar-refractivity contribution < 1.29 is 0 Å². The van der Waals surface area contributed by atoms with Crippen molar-refractivity contribution in [3.05, 3.63) is 194 Å². The molecular weight excluding hydrogens is 765 g/mol. The molecule has 14 aromatic rings. The largest absolute Gasteiger partial charge is 0.309 e. The van der Waals surface area contributed by atoms with Gasteiger partial charge < -0.3 is 9.13 Å². The Morgan fingerprint density at radius 3 is 1.05 bits per heavy atom. The number of para-hydroxylation sites is 2. The molecule has 0 N–H and O–H groups in total. The molecule has 0 fully saturated rings. The van der Waals surface area contributed by atoms with Crippen molar-refractivity contribution in [2.24, 2.45) is 0 Å². The van der Waals surface area contributed by atoms with Crippen LogP contribution in [0.25, 0.3) is 128 Å². The topological polar surface area (TPSA) is 9.86 Å². The van der Waals surface area contributed by atoms with Crippen molar-refractivity contribution in [3.63, 3.8) is 0 Å². The van der Waals surface area contributed by atoms with E-state index in [0.717, 1.165) is 0 Å². The van der Waals surface area contributed by atoms with Gasteiger partial charge in [0.2, 0.25) is 0 Å². The van der Waals surface area contributed by atoms with Crippen molar-refractivity contribution in [1.29, 1.82) is 0 Å². The van der Waals surface area contributed by atoms with Crippen LogP contribution >= 0.6 is 22.7 Å². The van der Waals surface area contributed by atoms with E-state index in [1.807, 2.05) is 22.7 Å². The maximum Gasteiger partial charge on any atom is 0.0548 e. The molecule has 0 saturated heterocycles. The number of thiophene rings is 2. The van der Waals surface area contributed by atoms with E-state index in [1.165, 1.54) is 128 Å². The zero-order valence-electron chi connectivity index (χ0n) is 32.2. The maximum absolute atomic E-state index is 2.50. The van der Waals surface area contributed by atoms with E-state index in [1.54, 1.807) is 0 Å². The summed E-state index contributed by atoms with van der Waals surface area (Å²) in [5.74, 6) is 0. The lowest BCUT2D eigenvalue weighted by Gasteiger charge is -2.18. The molecule has 0 saturated carbocycles. The van der Waals surface area contributed by atoms with Gasteiger partial charge in [0.25, 0.3) is 0 Å². The summed E-state index contributed by atoms with van der Waals surface area (Å²) < 4.78 is 10.3. The van der Waals surface area contributed by atoms with Crippen LogP contribution in [-0.4, -0.2) is 9.13 Å². The Morgan fingerprint density at radius 1 is 0.233 bits per heavy atom. The standard InChI is InChI=1S/C56H32N2S2/c1-3-15-37-33(13-1)35(25-27-45(37)57-43-21-9-5-17-39(43)53-47(57)29-31-51-55(53)41-19-7-11-23-49(41)59-51)36-26-28-46(38-16-4-2-14-34(36)38)58-44-22-10-6-18-40(44)54-48(58)30-32-52-56(54)42-20-8-12-24-50(42)60-52/h1-32H. The summed E-state index contributed by atoms with van der Waals surface area (Å²) in [6.45, 7) is 0. The van der Waals surface area contributed by atoms with Crippen molar-refractivity contribution in [2.75, 3.05) is 0 Å². The van der Waals surface area contributed by atoms with Gasteiger partial charge in [-0.25, -0.2) is 0 Å². The highest BCUT2D eigenvalue weighted by atomic mass is 32.1. The molecule has 4 heterocycles. The molecular formula is C56H32N2S2. The van der Waals surface area contributed by atoms with Crippen LogP contribution in [0.4, 0.5) is 0 Å². The van der Waals surface area contributed by atoms with Gasteiger partial charge in [0.1, 0.15) is 0 Å². The second-order valence-electron chi connectivity index (χ2n) is 15.9. The van der Waals surface area contributed by atoms with Crippen LogP contribution in [0.1, 0.15) is 0 Å². The molecule has 0 radical (unpaired) electrons. The van der Waals surface area contributed by atoms with Gasteiger partial charge in [0.05, 0.1) is 33.4 Å². The average molecular weight is 797 g/mol. The Kier molecular flexibility index (Phi) is 6.62. The Bertz CT molecular complexity index is 3870. The Labute approximate surface area is 352 Å². The zero-order chi connectivity index (χ0) is 39.1. The summed E-state index contributed by atoms with van der Waals surface area (Å²) in [7, 11) is 0. The highest BCUT2D eigenvalue weighted by molar-refractivity contribution is 7.26. The molecule has 60 heavy (non-hydrogen) atoms. The lowest BCUT2D eigenvalue weighted by Crippen LogP contribution is -1.98. The van der Waals surface area contributed by atoms with Crippen LogP contribution in [0.2, 0.25) is 0 Å². The van der Waals surface area contributed by atoms with Gasteiger partial charge in [-0.05, 0) is 82.6 Å². The van der Waals surface area contributed by atoms with E-state index >= 15 is 0 Å². The fourth-order valence-electron chi connectivity index (χ4n) is 10.5. The van der Waals surface area contributed by atoms with Gasteiger partial charge in [-0.3, -0.25) is 0 Å². The van der Waals surface area contributed by atoms with E-state index in [9.17, 15) is 0 Å². The molecule has 0 aliphatic carbocycles. The molecule has 0 atom stereocenters. The Hall–Kier alpha value is -7.24. The fraction of sp³-hybridized carbons (Fsp3) is 0. The first kappa shape index (κ1) is 32.7.